The molecular weight excluding hydrogens is 308 g/mol. The van der Waals surface area contributed by atoms with E-state index >= 15 is 0 Å². The number of hydrogen-bond donors (Lipinski definition) is 1. The summed E-state index contributed by atoms with van der Waals surface area (Å²) in [7, 11) is 1.88. The number of hydrogen-bond acceptors (Lipinski definition) is 2. The van der Waals surface area contributed by atoms with Gasteiger partial charge in [0.25, 0.3) is 0 Å². The second-order valence-electron chi connectivity index (χ2n) is 4.75. The van der Waals surface area contributed by atoms with Gasteiger partial charge in [0.1, 0.15) is 0 Å². The fourth-order valence-corrected chi connectivity index (χ4v) is 3.91. The van der Waals surface area contributed by atoms with Crippen molar-refractivity contribution in [3.63, 3.8) is 0 Å². The summed E-state index contributed by atoms with van der Waals surface area (Å²) in [6.07, 6.45) is 1.05. The van der Waals surface area contributed by atoms with Crippen molar-refractivity contribution in [3.05, 3.63) is 56.7 Å². The number of halogens is 1. The average Bonchev–Trinajstić information content (AvgIpc) is 2.95. The third-order valence-electron chi connectivity index (χ3n) is 3.63. The van der Waals surface area contributed by atoms with Crippen LogP contribution in [-0.2, 0) is 6.42 Å². The first-order valence-corrected chi connectivity index (χ1v) is 8.17. The number of rotatable bonds is 1. The highest BCUT2D eigenvalue weighted by molar-refractivity contribution is 7.80. The molecule has 0 saturated heterocycles. The topological polar surface area (TPSA) is 15.3 Å². The summed E-state index contributed by atoms with van der Waals surface area (Å²) in [5, 5.41) is 6.82. The first kappa shape index (κ1) is 13.9. The molecule has 0 amide bonds. The molecule has 104 valence electrons. The minimum atomic E-state index is 0.183. The van der Waals surface area contributed by atoms with Crippen LogP contribution in [0.2, 0.25) is 5.02 Å². The molecule has 1 atom stereocenters. The van der Waals surface area contributed by atoms with E-state index in [1.807, 2.05) is 30.5 Å². The van der Waals surface area contributed by atoms with Crippen LogP contribution in [0.15, 0.2) is 35.7 Å². The van der Waals surface area contributed by atoms with Crippen molar-refractivity contribution in [2.24, 2.45) is 0 Å². The molecule has 5 heteroatoms. The van der Waals surface area contributed by atoms with E-state index in [-0.39, 0.29) is 6.04 Å². The molecule has 0 radical (unpaired) electrons. The standard InChI is InChI=1S/C15H15ClN2S2/c1-17-15(19)18-8-6-13-12(7-9-20-13)14(18)10-2-4-11(16)5-3-10/h2-5,7,9,14H,6,8H2,1H3,(H,17,19). The van der Waals surface area contributed by atoms with Gasteiger partial charge in [-0.15, -0.1) is 11.3 Å². The molecule has 0 bridgehead atoms. The molecule has 0 fully saturated rings. The average molecular weight is 323 g/mol. The Morgan fingerprint density at radius 1 is 1.35 bits per heavy atom. The molecule has 20 heavy (non-hydrogen) atoms. The SMILES string of the molecule is CNC(=S)N1CCc2sccc2C1c1ccc(Cl)cc1. The number of nitrogens with one attached hydrogen (secondary N) is 1. The highest BCUT2D eigenvalue weighted by Crippen LogP contribution is 2.37. The Balaban J connectivity index is 2.06. The van der Waals surface area contributed by atoms with E-state index < -0.39 is 0 Å². The van der Waals surface area contributed by atoms with Crippen LogP contribution >= 0.6 is 35.2 Å². The van der Waals surface area contributed by atoms with Crippen LogP contribution in [0.3, 0.4) is 0 Å². The second kappa shape index (κ2) is 5.72. The predicted molar refractivity (Wildman–Crippen MR) is 89.7 cm³/mol. The molecule has 0 aliphatic carbocycles. The largest absolute Gasteiger partial charge is 0.366 e. The van der Waals surface area contributed by atoms with Crippen molar-refractivity contribution in [3.8, 4) is 0 Å². The van der Waals surface area contributed by atoms with Gasteiger partial charge in [-0.3, -0.25) is 0 Å². The third kappa shape index (κ3) is 2.43. The normalized spacial score (nSPS) is 17.7. The molecule has 3 rings (SSSR count). The molecule has 2 heterocycles. The summed E-state index contributed by atoms with van der Waals surface area (Å²) < 4.78 is 0. The van der Waals surface area contributed by atoms with E-state index in [9.17, 15) is 0 Å². The van der Waals surface area contributed by atoms with Gasteiger partial charge in [0.05, 0.1) is 6.04 Å². The fraction of sp³-hybridized carbons (Fsp3) is 0.267. The Morgan fingerprint density at radius 2 is 2.10 bits per heavy atom. The Hall–Kier alpha value is -1.10. The van der Waals surface area contributed by atoms with Crippen LogP contribution in [-0.4, -0.2) is 23.6 Å². The van der Waals surface area contributed by atoms with E-state index in [0.717, 1.165) is 23.1 Å². The summed E-state index contributed by atoms with van der Waals surface area (Å²) in [5.41, 5.74) is 2.59. The van der Waals surface area contributed by atoms with Crippen molar-refractivity contribution in [1.82, 2.24) is 10.2 Å². The van der Waals surface area contributed by atoms with Gasteiger partial charge in [0.15, 0.2) is 5.11 Å². The summed E-state index contributed by atoms with van der Waals surface area (Å²) in [6, 6.07) is 10.5. The zero-order valence-electron chi connectivity index (χ0n) is 11.1. The molecule has 2 aromatic rings. The number of thiocarbonyl (C=S) groups is 1. The lowest BCUT2D eigenvalue weighted by molar-refractivity contribution is 0.339. The van der Waals surface area contributed by atoms with Gasteiger partial charge in [-0.25, -0.2) is 0 Å². The molecule has 1 aliphatic rings. The van der Waals surface area contributed by atoms with E-state index in [4.69, 9.17) is 23.8 Å². The zero-order valence-corrected chi connectivity index (χ0v) is 13.5. The molecule has 0 spiro atoms. The Labute approximate surface area is 133 Å². The van der Waals surface area contributed by atoms with Crippen LogP contribution in [0, 0.1) is 0 Å². The van der Waals surface area contributed by atoms with Crippen molar-refractivity contribution in [1.29, 1.82) is 0 Å². The van der Waals surface area contributed by atoms with E-state index in [0.29, 0.717) is 0 Å². The quantitative estimate of drug-likeness (QED) is 0.803. The molecule has 0 saturated carbocycles. The Kier molecular flexibility index (Phi) is 3.96. The van der Waals surface area contributed by atoms with Gasteiger partial charge in [-0.2, -0.15) is 0 Å². The van der Waals surface area contributed by atoms with E-state index in [1.165, 1.54) is 16.0 Å². The lowest BCUT2D eigenvalue weighted by Gasteiger charge is -2.37. The van der Waals surface area contributed by atoms with Crippen molar-refractivity contribution in [2.75, 3.05) is 13.6 Å². The first-order chi connectivity index (χ1) is 9.70. The third-order valence-corrected chi connectivity index (χ3v) is 5.31. The van der Waals surface area contributed by atoms with Crippen LogP contribution in [0.5, 0.6) is 0 Å². The number of fused-ring (bicyclic) bond motifs is 1. The second-order valence-corrected chi connectivity index (χ2v) is 6.58. The lowest BCUT2D eigenvalue weighted by atomic mass is 9.94. The molecule has 2 nitrogen and oxygen atoms in total. The van der Waals surface area contributed by atoms with Gasteiger partial charge in [-0.1, -0.05) is 23.7 Å². The maximum Gasteiger partial charge on any atom is 0.169 e. The fourth-order valence-electron chi connectivity index (χ4n) is 2.68. The molecule has 1 aromatic carbocycles. The minimum Gasteiger partial charge on any atom is -0.366 e. The van der Waals surface area contributed by atoms with Crippen LogP contribution in [0.4, 0.5) is 0 Å². The summed E-state index contributed by atoms with van der Waals surface area (Å²) in [5.74, 6) is 0. The van der Waals surface area contributed by atoms with Gasteiger partial charge < -0.3 is 10.2 Å². The monoisotopic (exact) mass is 322 g/mol. The maximum absolute atomic E-state index is 6.01. The molecule has 1 unspecified atom stereocenters. The van der Waals surface area contributed by atoms with Gasteiger partial charge in [0, 0.05) is 23.5 Å². The first-order valence-electron chi connectivity index (χ1n) is 6.51. The zero-order chi connectivity index (χ0) is 14.1. The lowest BCUT2D eigenvalue weighted by Crippen LogP contribution is -2.44. The highest BCUT2D eigenvalue weighted by Gasteiger charge is 2.30. The number of thiophene rings is 1. The van der Waals surface area contributed by atoms with Crippen LogP contribution in [0.25, 0.3) is 0 Å². The summed E-state index contributed by atoms with van der Waals surface area (Å²) in [6.45, 7) is 0.945. The van der Waals surface area contributed by atoms with Crippen molar-refractivity contribution >= 4 is 40.3 Å². The summed E-state index contributed by atoms with van der Waals surface area (Å²) in [4.78, 5) is 3.72. The maximum atomic E-state index is 6.01. The van der Waals surface area contributed by atoms with Gasteiger partial charge >= 0.3 is 0 Å². The predicted octanol–water partition coefficient (Wildman–Crippen LogP) is 3.85. The minimum absolute atomic E-state index is 0.183. The van der Waals surface area contributed by atoms with Crippen molar-refractivity contribution in [2.45, 2.75) is 12.5 Å². The molecule has 1 N–H and O–H groups in total. The molecular formula is C15H15ClN2S2. The van der Waals surface area contributed by atoms with Crippen molar-refractivity contribution < 1.29 is 0 Å². The smallest absolute Gasteiger partial charge is 0.169 e. The van der Waals surface area contributed by atoms with Crippen LogP contribution in [0.1, 0.15) is 22.0 Å². The van der Waals surface area contributed by atoms with Crippen LogP contribution < -0.4 is 5.32 Å². The van der Waals surface area contributed by atoms with Gasteiger partial charge in [0.2, 0.25) is 0 Å². The summed E-state index contributed by atoms with van der Waals surface area (Å²) >= 11 is 13.3. The Morgan fingerprint density at radius 3 is 2.80 bits per heavy atom. The number of benzene rings is 1. The highest BCUT2D eigenvalue weighted by atomic mass is 35.5. The molecule has 1 aromatic heterocycles. The number of nitrogens with zero attached hydrogens (tertiary/aromatic N) is 1. The van der Waals surface area contributed by atoms with E-state index in [1.54, 1.807) is 0 Å². The van der Waals surface area contributed by atoms with E-state index in [2.05, 4.69) is 33.8 Å². The van der Waals surface area contributed by atoms with Gasteiger partial charge in [-0.05, 0) is 53.3 Å². The molecule has 1 aliphatic heterocycles. The Bertz CT molecular complexity index is 621.